The van der Waals surface area contributed by atoms with Gasteiger partial charge in [0.15, 0.2) is 9.84 Å². The third kappa shape index (κ3) is 3.75. The number of amides is 1. The second kappa shape index (κ2) is 7.08. The van der Waals surface area contributed by atoms with Crippen LogP contribution in [0.15, 0.2) is 29.2 Å². The molecular weight excluding hydrogens is 338 g/mol. The highest BCUT2D eigenvalue weighted by Crippen LogP contribution is 2.45. The van der Waals surface area contributed by atoms with Crippen molar-refractivity contribution in [2.45, 2.75) is 54.9 Å². The van der Waals surface area contributed by atoms with Gasteiger partial charge < -0.3 is 9.64 Å². The fraction of sp³-hybridized carbons (Fsp3) is 0.632. The van der Waals surface area contributed by atoms with Crippen LogP contribution in [0, 0.1) is 0 Å². The molecule has 2 fully saturated rings. The van der Waals surface area contributed by atoms with Crippen LogP contribution in [0.2, 0.25) is 0 Å². The first-order valence-corrected chi connectivity index (χ1v) is 10.9. The Balaban J connectivity index is 1.76. The molecule has 2 aliphatic rings. The van der Waals surface area contributed by atoms with Gasteiger partial charge in [-0.15, -0.1) is 0 Å². The number of likely N-dealkylation sites (N-methyl/N-ethyl adjacent to an activating group) is 1. The van der Waals surface area contributed by atoms with Gasteiger partial charge in [0.1, 0.15) is 0 Å². The van der Waals surface area contributed by atoms with E-state index in [1.54, 1.807) is 29.2 Å². The molecule has 1 aromatic rings. The summed E-state index contributed by atoms with van der Waals surface area (Å²) in [5.74, 6) is 0.125. The number of rotatable bonds is 5. The molecule has 25 heavy (non-hydrogen) atoms. The molecule has 138 valence electrons. The lowest BCUT2D eigenvalue weighted by Gasteiger charge is -2.44. The molecule has 0 spiro atoms. The third-order valence-corrected chi connectivity index (χ3v) is 6.68. The van der Waals surface area contributed by atoms with Crippen molar-refractivity contribution in [2.24, 2.45) is 0 Å². The fourth-order valence-corrected chi connectivity index (χ4v) is 4.51. The SMILES string of the molecule is CN(C[C@H]1CCCCO1)C(=O)C1(c2ccc(S(C)(=O)=O)cc2)CCC1. The molecule has 5 nitrogen and oxygen atoms in total. The van der Waals surface area contributed by atoms with E-state index in [0.717, 1.165) is 50.7 Å². The van der Waals surface area contributed by atoms with Gasteiger partial charge in [-0.2, -0.15) is 0 Å². The van der Waals surface area contributed by atoms with E-state index in [0.29, 0.717) is 11.4 Å². The molecule has 1 aliphatic carbocycles. The van der Waals surface area contributed by atoms with Crippen LogP contribution >= 0.6 is 0 Å². The molecule has 6 heteroatoms. The molecule has 0 aromatic heterocycles. The number of nitrogens with zero attached hydrogens (tertiary/aromatic N) is 1. The Hall–Kier alpha value is -1.40. The van der Waals surface area contributed by atoms with E-state index >= 15 is 0 Å². The van der Waals surface area contributed by atoms with Crippen LogP contribution in [0.25, 0.3) is 0 Å². The number of ether oxygens (including phenoxy) is 1. The Bertz CT molecular complexity index is 716. The second-order valence-electron chi connectivity index (χ2n) is 7.41. The lowest BCUT2D eigenvalue weighted by molar-refractivity contribution is -0.142. The number of carbonyl (C=O) groups excluding carboxylic acids is 1. The van der Waals surface area contributed by atoms with Gasteiger partial charge in [0.05, 0.1) is 16.4 Å². The zero-order chi connectivity index (χ0) is 18.1. The molecule has 0 radical (unpaired) electrons. The predicted molar refractivity (Wildman–Crippen MR) is 96.3 cm³/mol. The number of hydrogen-bond donors (Lipinski definition) is 0. The zero-order valence-corrected chi connectivity index (χ0v) is 15.8. The minimum atomic E-state index is -3.22. The minimum Gasteiger partial charge on any atom is -0.376 e. The standard InChI is InChI=1S/C19H27NO4S/c1-20(14-16-6-3-4-13-24-16)18(21)19(11-5-12-19)15-7-9-17(10-8-15)25(2,22)23/h7-10,16H,3-6,11-14H2,1-2H3/t16-/m1/s1. The lowest BCUT2D eigenvalue weighted by Crippen LogP contribution is -2.51. The molecule has 1 saturated carbocycles. The maximum absolute atomic E-state index is 13.2. The number of benzene rings is 1. The maximum atomic E-state index is 13.2. The lowest BCUT2D eigenvalue weighted by atomic mass is 9.63. The van der Waals surface area contributed by atoms with E-state index in [-0.39, 0.29) is 12.0 Å². The molecular formula is C19H27NO4S. The van der Waals surface area contributed by atoms with Crippen LogP contribution in [0.3, 0.4) is 0 Å². The first kappa shape index (κ1) is 18.4. The van der Waals surface area contributed by atoms with E-state index in [9.17, 15) is 13.2 Å². The van der Waals surface area contributed by atoms with E-state index in [1.165, 1.54) is 6.26 Å². The average molecular weight is 365 g/mol. The number of sulfone groups is 1. The van der Waals surface area contributed by atoms with Crippen LogP contribution in [-0.4, -0.2) is 51.8 Å². The summed E-state index contributed by atoms with van der Waals surface area (Å²) in [7, 11) is -1.37. The first-order valence-electron chi connectivity index (χ1n) is 9.01. The van der Waals surface area contributed by atoms with E-state index < -0.39 is 15.3 Å². The third-order valence-electron chi connectivity index (χ3n) is 5.55. The molecule has 3 rings (SSSR count). The normalized spacial score (nSPS) is 22.9. The molecule has 1 saturated heterocycles. The van der Waals surface area contributed by atoms with Gasteiger partial charge in [-0.25, -0.2) is 8.42 Å². The van der Waals surface area contributed by atoms with E-state index in [2.05, 4.69) is 0 Å². The van der Waals surface area contributed by atoms with Crippen molar-refractivity contribution in [3.63, 3.8) is 0 Å². The summed E-state index contributed by atoms with van der Waals surface area (Å²) >= 11 is 0. The van der Waals surface area contributed by atoms with Crippen LogP contribution < -0.4 is 0 Å². The maximum Gasteiger partial charge on any atom is 0.233 e. The summed E-state index contributed by atoms with van der Waals surface area (Å²) in [6, 6.07) is 6.83. The average Bonchev–Trinajstić information content (AvgIpc) is 2.54. The highest BCUT2D eigenvalue weighted by Gasteiger charge is 2.47. The Morgan fingerprint density at radius 2 is 1.88 bits per heavy atom. The van der Waals surface area contributed by atoms with E-state index in [1.807, 2.05) is 7.05 Å². The van der Waals surface area contributed by atoms with Crippen LogP contribution in [0.4, 0.5) is 0 Å². The highest BCUT2D eigenvalue weighted by molar-refractivity contribution is 7.90. The molecule has 0 bridgehead atoms. The smallest absolute Gasteiger partial charge is 0.233 e. The Morgan fingerprint density at radius 1 is 1.20 bits per heavy atom. The van der Waals surface area contributed by atoms with Gasteiger partial charge in [-0.1, -0.05) is 18.6 Å². The topological polar surface area (TPSA) is 63.7 Å². The van der Waals surface area contributed by atoms with Crippen molar-refractivity contribution in [3.8, 4) is 0 Å². The summed E-state index contributed by atoms with van der Waals surface area (Å²) in [4.78, 5) is 15.3. The van der Waals surface area contributed by atoms with Crippen molar-refractivity contribution in [1.82, 2.24) is 4.90 Å². The molecule has 1 aromatic carbocycles. The fourth-order valence-electron chi connectivity index (χ4n) is 3.88. The Kier molecular flexibility index (Phi) is 5.21. The summed E-state index contributed by atoms with van der Waals surface area (Å²) in [5.41, 5.74) is 0.423. The van der Waals surface area contributed by atoms with Gasteiger partial charge in [0.25, 0.3) is 0 Å². The van der Waals surface area contributed by atoms with Crippen molar-refractivity contribution in [2.75, 3.05) is 26.5 Å². The summed E-state index contributed by atoms with van der Waals surface area (Å²) < 4.78 is 29.1. The van der Waals surface area contributed by atoms with Crippen molar-refractivity contribution >= 4 is 15.7 Å². The molecule has 0 unspecified atom stereocenters. The van der Waals surface area contributed by atoms with Crippen LogP contribution in [0.5, 0.6) is 0 Å². The van der Waals surface area contributed by atoms with Crippen molar-refractivity contribution < 1.29 is 17.9 Å². The molecule has 0 N–H and O–H groups in total. The summed E-state index contributed by atoms with van der Waals surface area (Å²) in [5, 5.41) is 0. The van der Waals surface area contributed by atoms with Gasteiger partial charge in [0.2, 0.25) is 5.91 Å². The van der Waals surface area contributed by atoms with E-state index in [4.69, 9.17) is 4.74 Å². The van der Waals surface area contributed by atoms with Crippen molar-refractivity contribution in [1.29, 1.82) is 0 Å². The summed E-state index contributed by atoms with van der Waals surface area (Å²) in [6.07, 6.45) is 7.26. The monoisotopic (exact) mass is 365 g/mol. The van der Waals surface area contributed by atoms with Crippen molar-refractivity contribution in [3.05, 3.63) is 29.8 Å². The Labute approximate surface area is 150 Å². The number of hydrogen-bond acceptors (Lipinski definition) is 4. The highest BCUT2D eigenvalue weighted by atomic mass is 32.2. The summed E-state index contributed by atoms with van der Waals surface area (Å²) in [6.45, 7) is 1.41. The quantitative estimate of drug-likeness (QED) is 0.804. The molecule has 1 atom stereocenters. The molecule has 1 amide bonds. The van der Waals surface area contributed by atoms with Gasteiger partial charge in [-0.05, 0) is 49.8 Å². The second-order valence-corrected chi connectivity index (χ2v) is 9.42. The largest absolute Gasteiger partial charge is 0.376 e. The van der Waals surface area contributed by atoms with Gasteiger partial charge in [-0.3, -0.25) is 4.79 Å². The van der Waals surface area contributed by atoms with Crippen LogP contribution in [0.1, 0.15) is 44.1 Å². The van der Waals surface area contributed by atoms with Gasteiger partial charge in [0, 0.05) is 26.5 Å². The van der Waals surface area contributed by atoms with Crippen LogP contribution in [-0.2, 0) is 24.8 Å². The number of carbonyl (C=O) groups is 1. The van der Waals surface area contributed by atoms with Gasteiger partial charge >= 0.3 is 0 Å². The Morgan fingerprint density at radius 3 is 2.36 bits per heavy atom. The minimum absolute atomic E-state index is 0.125. The molecule has 1 heterocycles. The molecule has 1 aliphatic heterocycles. The zero-order valence-electron chi connectivity index (χ0n) is 15.0. The first-order chi connectivity index (χ1) is 11.8. The predicted octanol–water partition coefficient (Wildman–Crippen LogP) is 2.54.